The first-order chi connectivity index (χ1) is 10.7. The fourth-order valence-corrected chi connectivity index (χ4v) is 3.12. The molecule has 0 aliphatic carbocycles. The summed E-state index contributed by atoms with van der Waals surface area (Å²) in [6, 6.07) is 12.0. The quantitative estimate of drug-likeness (QED) is 0.925. The molecule has 0 spiro atoms. The summed E-state index contributed by atoms with van der Waals surface area (Å²) >= 11 is 0. The number of nitrogens with one attached hydrogen (secondary N) is 1. The van der Waals surface area contributed by atoms with Gasteiger partial charge in [-0.25, -0.2) is 0 Å². The number of anilines is 1. The van der Waals surface area contributed by atoms with Gasteiger partial charge in [0, 0.05) is 35.6 Å². The van der Waals surface area contributed by atoms with E-state index in [0.29, 0.717) is 0 Å². The number of piperidine rings is 1. The SMILES string of the molecule is Cc1cc(-c2ccccc2N2CCCCC2)c(C#N)c(=O)[nH]1. The number of hydrogen-bond acceptors (Lipinski definition) is 3. The topological polar surface area (TPSA) is 59.9 Å². The number of aryl methyl sites for hydroxylation is 1. The second-order valence-corrected chi connectivity index (χ2v) is 5.75. The molecule has 1 aromatic heterocycles. The Morgan fingerprint density at radius 3 is 2.59 bits per heavy atom. The van der Waals surface area contributed by atoms with E-state index in [1.807, 2.05) is 31.2 Å². The molecule has 1 aliphatic heterocycles. The van der Waals surface area contributed by atoms with E-state index in [-0.39, 0.29) is 11.1 Å². The highest BCUT2D eigenvalue weighted by molar-refractivity contribution is 5.82. The van der Waals surface area contributed by atoms with E-state index in [1.54, 1.807) is 0 Å². The fraction of sp³-hybridized carbons (Fsp3) is 0.333. The lowest BCUT2D eigenvalue weighted by Crippen LogP contribution is -2.29. The number of aromatic amines is 1. The molecule has 0 atom stereocenters. The first-order valence-corrected chi connectivity index (χ1v) is 7.69. The lowest BCUT2D eigenvalue weighted by molar-refractivity contribution is 0.578. The highest BCUT2D eigenvalue weighted by Gasteiger charge is 2.18. The number of rotatable bonds is 2. The Hall–Kier alpha value is -2.54. The molecule has 0 unspecified atom stereocenters. The standard InChI is InChI=1S/C18H19N3O/c1-13-11-15(16(12-19)18(22)20-13)14-7-3-4-8-17(14)21-9-5-2-6-10-21/h3-4,7-8,11H,2,5-6,9-10H2,1H3,(H,20,22). The van der Waals surface area contributed by atoms with Crippen LogP contribution in [-0.4, -0.2) is 18.1 Å². The van der Waals surface area contributed by atoms with E-state index in [9.17, 15) is 10.1 Å². The van der Waals surface area contributed by atoms with Crippen LogP contribution >= 0.6 is 0 Å². The van der Waals surface area contributed by atoms with Crippen molar-refractivity contribution in [2.45, 2.75) is 26.2 Å². The molecule has 3 rings (SSSR count). The molecule has 1 N–H and O–H groups in total. The van der Waals surface area contributed by atoms with Crippen LogP contribution < -0.4 is 10.5 Å². The molecule has 0 saturated carbocycles. The lowest BCUT2D eigenvalue weighted by atomic mass is 9.97. The van der Waals surface area contributed by atoms with Crippen molar-refractivity contribution in [3.05, 3.63) is 51.9 Å². The highest BCUT2D eigenvalue weighted by atomic mass is 16.1. The molecular formula is C18H19N3O. The van der Waals surface area contributed by atoms with Gasteiger partial charge in [0.15, 0.2) is 0 Å². The first-order valence-electron chi connectivity index (χ1n) is 7.69. The van der Waals surface area contributed by atoms with Crippen molar-refractivity contribution in [2.75, 3.05) is 18.0 Å². The van der Waals surface area contributed by atoms with Gasteiger partial charge in [-0.2, -0.15) is 5.26 Å². The van der Waals surface area contributed by atoms with Gasteiger partial charge in [0.2, 0.25) is 0 Å². The molecule has 1 aliphatic rings. The number of benzene rings is 1. The van der Waals surface area contributed by atoms with Crippen molar-refractivity contribution in [3.8, 4) is 17.2 Å². The number of pyridine rings is 1. The molecule has 2 heterocycles. The predicted molar refractivity (Wildman–Crippen MR) is 88.0 cm³/mol. The predicted octanol–water partition coefficient (Wildman–Crippen LogP) is 3.21. The first kappa shape index (κ1) is 14.4. The number of para-hydroxylation sites is 1. The molecule has 1 fully saturated rings. The number of hydrogen-bond donors (Lipinski definition) is 1. The van der Waals surface area contributed by atoms with Crippen LogP contribution in [0.5, 0.6) is 0 Å². The normalized spacial score (nSPS) is 14.6. The Morgan fingerprint density at radius 2 is 1.86 bits per heavy atom. The minimum Gasteiger partial charge on any atom is -0.371 e. The zero-order valence-corrected chi connectivity index (χ0v) is 12.7. The van der Waals surface area contributed by atoms with E-state index in [0.717, 1.165) is 35.6 Å². The number of nitriles is 1. The van der Waals surface area contributed by atoms with Gasteiger partial charge in [0.25, 0.3) is 5.56 Å². The summed E-state index contributed by atoms with van der Waals surface area (Å²) < 4.78 is 0. The van der Waals surface area contributed by atoms with Crippen molar-refractivity contribution in [2.24, 2.45) is 0 Å². The lowest BCUT2D eigenvalue weighted by Gasteiger charge is -2.30. The maximum Gasteiger partial charge on any atom is 0.266 e. The molecule has 4 heteroatoms. The Morgan fingerprint density at radius 1 is 1.14 bits per heavy atom. The molecule has 0 amide bonds. The summed E-state index contributed by atoms with van der Waals surface area (Å²) in [5.41, 5.74) is 3.46. The zero-order valence-electron chi connectivity index (χ0n) is 12.7. The molecule has 112 valence electrons. The summed E-state index contributed by atoms with van der Waals surface area (Å²) in [5.74, 6) is 0. The molecule has 1 saturated heterocycles. The van der Waals surface area contributed by atoms with Crippen LogP contribution in [0.3, 0.4) is 0 Å². The highest BCUT2D eigenvalue weighted by Crippen LogP contribution is 2.33. The Bertz CT molecular complexity index is 780. The van der Waals surface area contributed by atoms with Crippen LogP contribution in [0.15, 0.2) is 35.1 Å². The van der Waals surface area contributed by atoms with Gasteiger partial charge >= 0.3 is 0 Å². The average molecular weight is 293 g/mol. The second-order valence-electron chi connectivity index (χ2n) is 5.75. The van der Waals surface area contributed by atoms with Crippen molar-refractivity contribution < 1.29 is 0 Å². The molecule has 0 bridgehead atoms. The smallest absolute Gasteiger partial charge is 0.266 e. The van der Waals surface area contributed by atoms with Crippen molar-refractivity contribution in [1.29, 1.82) is 5.26 Å². The largest absolute Gasteiger partial charge is 0.371 e. The number of H-pyrrole nitrogens is 1. The third kappa shape index (κ3) is 2.62. The van der Waals surface area contributed by atoms with Crippen molar-refractivity contribution in [3.63, 3.8) is 0 Å². The van der Waals surface area contributed by atoms with Gasteiger partial charge in [0.1, 0.15) is 11.6 Å². The minimum absolute atomic E-state index is 0.190. The van der Waals surface area contributed by atoms with E-state index in [4.69, 9.17) is 0 Å². The third-order valence-electron chi connectivity index (χ3n) is 4.17. The number of nitrogens with zero attached hydrogens (tertiary/aromatic N) is 2. The van der Waals surface area contributed by atoms with Gasteiger partial charge in [-0.3, -0.25) is 4.79 Å². The molecule has 22 heavy (non-hydrogen) atoms. The Balaban J connectivity index is 2.17. The molecule has 0 radical (unpaired) electrons. The van der Waals surface area contributed by atoms with Gasteiger partial charge < -0.3 is 9.88 Å². The minimum atomic E-state index is -0.314. The molecular weight excluding hydrogens is 274 g/mol. The molecule has 1 aromatic carbocycles. The summed E-state index contributed by atoms with van der Waals surface area (Å²) in [5, 5.41) is 9.37. The fourth-order valence-electron chi connectivity index (χ4n) is 3.12. The van der Waals surface area contributed by atoms with Crippen LogP contribution in [-0.2, 0) is 0 Å². The van der Waals surface area contributed by atoms with Gasteiger partial charge in [0.05, 0.1) is 0 Å². The summed E-state index contributed by atoms with van der Waals surface area (Å²) in [6.07, 6.45) is 3.65. The van der Waals surface area contributed by atoms with E-state index < -0.39 is 0 Å². The van der Waals surface area contributed by atoms with Crippen LogP contribution in [0, 0.1) is 18.3 Å². The van der Waals surface area contributed by atoms with Crippen LogP contribution in [0.2, 0.25) is 0 Å². The van der Waals surface area contributed by atoms with E-state index >= 15 is 0 Å². The van der Waals surface area contributed by atoms with Crippen LogP contribution in [0.1, 0.15) is 30.5 Å². The van der Waals surface area contributed by atoms with Crippen molar-refractivity contribution >= 4 is 5.69 Å². The number of aromatic nitrogens is 1. The maximum absolute atomic E-state index is 12.1. The van der Waals surface area contributed by atoms with Crippen LogP contribution in [0.4, 0.5) is 5.69 Å². The summed E-state index contributed by atoms with van der Waals surface area (Å²) in [6.45, 7) is 3.90. The van der Waals surface area contributed by atoms with Crippen LogP contribution in [0.25, 0.3) is 11.1 Å². The summed E-state index contributed by atoms with van der Waals surface area (Å²) in [4.78, 5) is 17.1. The second kappa shape index (κ2) is 6.07. The van der Waals surface area contributed by atoms with E-state index in [2.05, 4.69) is 22.0 Å². The summed E-state index contributed by atoms with van der Waals surface area (Å²) in [7, 11) is 0. The monoisotopic (exact) mass is 293 g/mol. The Kier molecular flexibility index (Phi) is 3.97. The maximum atomic E-state index is 12.1. The van der Waals surface area contributed by atoms with Gasteiger partial charge in [-0.15, -0.1) is 0 Å². The molecule has 4 nitrogen and oxygen atoms in total. The zero-order chi connectivity index (χ0) is 15.5. The third-order valence-corrected chi connectivity index (χ3v) is 4.17. The molecule has 2 aromatic rings. The van der Waals surface area contributed by atoms with Gasteiger partial charge in [-0.05, 0) is 38.3 Å². The van der Waals surface area contributed by atoms with Gasteiger partial charge in [-0.1, -0.05) is 18.2 Å². The average Bonchev–Trinajstić information content (AvgIpc) is 2.55. The Labute approximate surface area is 130 Å². The van der Waals surface area contributed by atoms with Crippen molar-refractivity contribution in [1.82, 2.24) is 4.98 Å². The van der Waals surface area contributed by atoms with E-state index in [1.165, 1.54) is 19.3 Å².